The van der Waals surface area contributed by atoms with Crippen LogP contribution < -0.4 is 20.1 Å². The average Bonchev–Trinajstić information content (AvgIpc) is 2.61. The third-order valence-electron chi connectivity index (χ3n) is 3.68. The monoisotopic (exact) mass is 362 g/mol. The molecule has 0 heterocycles. The molecule has 1 amide bonds. The Balaban J connectivity index is 2.26. The maximum Gasteiger partial charge on any atom is 0.228 e. The molecule has 0 atom stereocenters. The number of carbonyl (C=O) groups excluding carboxylic acids is 1. The Labute approximate surface area is 153 Å². The number of nitrogens with zero attached hydrogens (tertiary/aromatic N) is 1. The zero-order valence-electron chi connectivity index (χ0n) is 14.5. The average molecular weight is 363 g/mol. The van der Waals surface area contributed by atoms with Gasteiger partial charge in [0.2, 0.25) is 5.91 Å². The summed E-state index contributed by atoms with van der Waals surface area (Å²) in [6, 6.07) is 13.0. The highest BCUT2D eigenvalue weighted by Gasteiger charge is 2.17. The van der Waals surface area contributed by atoms with Crippen molar-refractivity contribution < 1.29 is 14.3 Å². The Bertz CT molecular complexity index is 704. The molecule has 0 aliphatic carbocycles. The van der Waals surface area contributed by atoms with E-state index in [0.717, 1.165) is 11.3 Å². The number of hydrogen-bond acceptors (Lipinski definition) is 4. The molecule has 0 aromatic heterocycles. The highest BCUT2D eigenvalue weighted by atomic mass is 35.5. The van der Waals surface area contributed by atoms with Gasteiger partial charge in [0.25, 0.3) is 0 Å². The first-order valence-corrected chi connectivity index (χ1v) is 8.52. The van der Waals surface area contributed by atoms with Gasteiger partial charge in [0.1, 0.15) is 11.5 Å². The highest BCUT2D eigenvalue weighted by molar-refractivity contribution is 6.32. The molecule has 0 saturated carbocycles. The minimum Gasteiger partial charge on any atom is -0.495 e. The van der Waals surface area contributed by atoms with Gasteiger partial charge in [0.15, 0.2) is 0 Å². The second-order valence-corrected chi connectivity index (χ2v) is 5.82. The number of halogens is 1. The molecule has 0 radical (unpaired) electrons. The second-order valence-electron chi connectivity index (χ2n) is 5.41. The molecule has 0 aliphatic heterocycles. The molecule has 25 heavy (non-hydrogen) atoms. The van der Waals surface area contributed by atoms with Gasteiger partial charge >= 0.3 is 0 Å². The number of methoxy groups -OCH3 is 1. The zero-order valence-corrected chi connectivity index (χ0v) is 15.3. The van der Waals surface area contributed by atoms with E-state index in [2.05, 4.69) is 0 Å². The molecule has 134 valence electrons. The molecular formula is C19H23ClN2O3. The maximum absolute atomic E-state index is 12.5. The number of benzene rings is 2. The normalized spacial score (nSPS) is 10.4. The number of carbonyl (C=O) groups is 1. The van der Waals surface area contributed by atoms with Crippen molar-refractivity contribution in [3.8, 4) is 11.5 Å². The van der Waals surface area contributed by atoms with E-state index in [4.69, 9.17) is 26.8 Å². The van der Waals surface area contributed by atoms with E-state index in [1.165, 1.54) is 0 Å². The summed E-state index contributed by atoms with van der Waals surface area (Å²) in [6.07, 6.45) is 0.265. The third-order valence-corrected chi connectivity index (χ3v) is 3.98. The van der Waals surface area contributed by atoms with Crippen molar-refractivity contribution in [1.82, 2.24) is 0 Å². The minimum absolute atomic E-state index is 0.0578. The lowest BCUT2D eigenvalue weighted by atomic mass is 10.1. The lowest BCUT2D eigenvalue weighted by Gasteiger charge is -2.23. The fourth-order valence-corrected chi connectivity index (χ4v) is 2.70. The Morgan fingerprint density at radius 3 is 2.48 bits per heavy atom. The predicted molar refractivity (Wildman–Crippen MR) is 100 cm³/mol. The van der Waals surface area contributed by atoms with Crippen LogP contribution in [0.15, 0.2) is 42.5 Å². The van der Waals surface area contributed by atoms with Crippen molar-refractivity contribution in [3.63, 3.8) is 0 Å². The summed E-state index contributed by atoms with van der Waals surface area (Å²) in [7, 11) is 1.55. The van der Waals surface area contributed by atoms with Gasteiger partial charge in [0, 0.05) is 18.7 Å². The second kappa shape index (κ2) is 9.30. The number of ether oxygens (including phenoxy) is 2. The summed E-state index contributed by atoms with van der Waals surface area (Å²) >= 11 is 6.21. The molecule has 2 rings (SSSR count). The molecule has 2 aromatic carbocycles. The van der Waals surface area contributed by atoms with Crippen LogP contribution in [0.3, 0.4) is 0 Å². The van der Waals surface area contributed by atoms with Gasteiger partial charge in [-0.1, -0.05) is 23.7 Å². The largest absolute Gasteiger partial charge is 0.495 e. The standard InChI is InChI=1S/C19H23ClN2O3/c1-3-25-16-7-4-14(5-8-16)13-22(19(23)10-11-21)15-6-9-18(24-2)17(20)12-15/h4-9,12H,3,10-11,13,21H2,1-2H3. The van der Waals surface area contributed by atoms with Crippen LogP contribution in [0.1, 0.15) is 18.9 Å². The van der Waals surface area contributed by atoms with Crippen LogP contribution >= 0.6 is 11.6 Å². The summed E-state index contributed by atoms with van der Waals surface area (Å²) in [5, 5.41) is 0.456. The number of nitrogens with two attached hydrogens (primary N) is 1. The summed E-state index contributed by atoms with van der Waals surface area (Å²) in [6.45, 7) is 3.27. The van der Waals surface area contributed by atoms with Crippen molar-refractivity contribution >= 4 is 23.2 Å². The fourth-order valence-electron chi connectivity index (χ4n) is 2.45. The Hall–Kier alpha value is -2.24. The maximum atomic E-state index is 12.5. The lowest BCUT2D eigenvalue weighted by molar-refractivity contribution is -0.118. The molecule has 0 aliphatic rings. The van der Waals surface area contributed by atoms with Crippen LogP contribution in [0.5, 0.6) is 11.5 Å². The van der Waals surface area contributed by atoms with Crippen LogP contribution in [0.4, 0.5) is 5.69 Å². The van der Waals surface area contributed by atoms with E-state index < -0.39 is 0 Å². The smallest absolute Gasteiger partial charge is 0.228 e. The Morgan fingerprint density at radius 2 is 1.92 bits per heavy atom. The molecule has 2 aromatic rings. The molecular weight excluding hydrogens is 340 g/mol. The lowest BCUT2D eigenvalue weighted by Crippen LogP contribution is -2.31. The predicted octanol–water partition coefficient (Wildman–Crippen LogP) is 3.63. The third kappa shape index (κ3) is 5.11. The molecule has 0 unspecified atom stereocenters. The number of anilines is 1. The van der Waals surface area contributed by atoms with Gasteiger partial charge in [-0.05, 0) is 42.8 Å². The van der Waals surface area contributed by atoms with Gasteiger partial charge in [-0.25, -0.2) is 0 Å². The van der Waals surface area contributed by atoms with E-state index in [1.54, 1.807) is 24.1 Å². The first-order valence-electron chi connectivity index (χ1n) is 8.14. The molecule has 6 heteroatoms. The van der Waals surface area contributed by atoms with Crippen molar-refractivity contribution in [2.24, 2.45) is 5.73 Å². The van der Waals surface area contributed by atoms with Crippen molar-refractivity contribution in [2.45, 2.75) is 19.9 Å². The van der Waals surface area contributed by atoms with Crippen LogP contribution in [0.25, 0.3) is 0 Å². The SMILES string of the molecule is CCOc1ccc(CN(C(=O)CCN)c2ccc(OC)c(Cl)c2)cc1. The minimum atomic E-state index is -0.0578. The summed E-state index contributed by atoms with van der Waals surface area (Å²) in [5.74, 6) is 1.31. The van der Waals surface area contributed by atoms with E-state index in [-0.39, 0.29) is 12.3 Å². The molecule has 5 nitrogen and oxygen atoms in total. The van der Waals surface area contributed by atoms with Gasteiger partial charge in [-0.15, -0.1) is 0 Å². The first-order chi connectivity index (χ1) is 12.1. The fraction of sp³-hybridized carbons (Fsp3) is 0.316. The Kier molecular flexibility index (Phi) is 7.10. The number of hydrogen-bond donors (Lipinski definition) is 1. The van der Waals surface area contributed by atoms with Crippen LogP contribution in [0, 0.1) is 0 Å². The van der Waals surface area contributed by atoms with E-state index in [1.807, 2.05) is 37.3 Å². The molecule has 0 bridgehead atoms. The van der Waals surface area contributed by atoms with Crippen molar-refractivity contribution in [3.05, 3.63) is 53.1 Å². The topological polar surface area (TPSA) is 64.8 Å². The highest BCUT2D eigenvalue weighted by Crippen LogP contribution is 2.30. The quantitative estimate of drug-likeness (QED) is 0.778. The van der Waals surface area contributed by atoms with Gasteiger partial charge in [0.05, 0.1) is 25.3 Å². The van der Waals surface area contributed by atoms with Gasteiger partial charge < -0.3 is 20.1 Å². The molecule has 2 N–H and O–H groups in total. The molecule has 0 saturated heterocycles. The first kappa shape index (κ1) is 19.1. The van der Waals surface area contributed by atoms with Crippen LogP contribution in [-0.4, -0.2) is 26.2 Å². The molecule has 0 fully saturated rings. The van der Waals surface area contributed by atoms with E-state index >= 15 is 0 Å². The molecule has 0 spiro atoms. The van der Waals surface area contributed by atoms with Gasteiger partial charge in [-0.3, -0.25) is 4.79 Å². The Morgan fingerprint density at radius 1 is 1.20 bits per heavy atom. The summed E-state index contributed by atoms with van der Waals surface area (Å²) in [5.41, 5.74) is 7.25. The van der Waals surface area contributed by atoms with Crippen LogP contribution in [0.2, 0.25) is 5.02 Å². The van der Waals surface area contributed by atoms with Gasteiger partial charge in [-0.2, -0.15) is 0 Å². The number of amides is 1. The summed E-state index contributed by atoms with van der Waals surface area (Å²) in [4.78, 5) is 14.2. The zero-order chi connectivity index (χ0) is 18.2. The van der Waals surface area contributed by atoms with E-state index in [0.29, 0.717) is 36.2 Å². The summed E-state index contributed by atoms with van der Waals surface area (Å²) < 4.78 is 10.6. The van der Waals surface area contributed by atoms with Crippen molar-refractivity contribution in [1.29, 1.82) is 0 Å². The van der Waals surface area contributed by atoms with Crippen LogP contribution in [-0.2, 0) is 11.3 Å². The van der Waals surface area contributed by atoms with Crippen molar-refractivity contribution in [2.75, 3.05) is 25.2 Å². The van der Waals surface area contributed by atoms with E-state index in [9.17, 15) is 4.79 Å². The number of rotatable bonds is 8.